The van der Waals surface area contributed by atoms with E-state index in [4.69, 9.17) is 0 Å². The highest BCUT2D eigenvalue weighted by Crippen LogP contribution is 2.39. The maximum absolute atomic E-state index is 13.4. The molecule has 160 valence electrons. The van der Waals surface area contributed by atoms with Gasteiger partial charge in [0, 0.05) is 41.3 Å². The zero-order valence-electron chi connectivity index (χ0n) is 17.7. The minimum absolute atomic E-state index is 0.181. The van der Waals surface area contributed by atoms with Crippen LogP contribution in [0.15, 0.2) is 83.2 Å². The molecular weight excluding hydrogens is 436 g/mol. The first-order valence-corrected chi connectivity index (χ1v) is 12.3. The topological polar surface area (TPSA) is 42.3 Å². The molecule has 6 heteroatoms. The number of rotatable bonds is 7. The van der Waals surface area contributed by atoms with E-state index in [1.54, 1.807) is 0 Å². The van der Waals surface area contributed by atoms with Crippen LogP contribution in [-0.4, -0.2) is 27.8 Å². The SMILES string of the molecule is Cn1cc(CCN2C(=O)C(SCc3ccccc3)=C(c3cccs3)C2=O)c2ccccc21. The van der Waals surface area contributed by atoms with Gasteiger partial charge in [-0.3, -0.25) is 14.5 Å². The fourth-order valence-electron chi connectivity index (χ4n) is 4.12. The van der Waals surface area contributed by atoms with Crippen molar-refractivity contribution in [3.05, 3.63) is 99.2 Å². The summed E-state index contributed by atoms with van der Waals surface area (Å²) in [6.45, 7) is 0.371. The van der Waals surface area contributed by atoms with Crippen LogP contribution in [0.1, 0.15) is 16.0 Å². The average molecular weight is 459 g/mol. The number of nitrogens with zero attached hydrogens (tertiary/aromatic N) is 2. The van der Waals surface area contributed by atoms with Crippen molar-refractivity contribution in [1.29, 1.82) is 0 Å². The second-order valence-electron chi connectivity index (χ2n) is 7.75. The Balaban J connectivity index is 1.40. The molecule has 4 nitrogen and oxygen atoms in total. The number of fused-ring (bicyclic) bond motifs is 1. The molecule has 0 fully saturated rings. The Morgan fingerprint density at radius 2 is 1.69 bits per heavy atom. The minimum atomic E-state index is -0.187. The fourth-order valence-corrected chi connectivity index (χ4v) is 6.03. The molecule has 2 amide bonds. The number of hydrogen-bond acceptors (Lipinski definition) is 4. The summed E-state index contributed by atoms with van der Waals surface area (Å²) in [6, 6.07) is 22.1. The van der Waals surface area contributed by atoms with Crippen LogP contribution in [0, 0.1) is 0 Å². The van der Waals surface area contributed by atoms with Gasteiger partial charge in [-0.25, -0.2) is 0 Å². The summed E-state index contributed by atoms with van der Waals surface area (Å²) in [7, 11) is 2.02. The fraction of sp³-hybridized carbons (Fsp3) is 0.154. The van der Waals surface area contributed by atoms with Gasteiger partial charge in [0.25, 0.3) is 11.8 Å². The lowest BCUT2D eigenvalue weighted by atomic mass is 10.1. The van der Waals surface area contributed by atoms with Crippen LogP contribution in [0.3, 0.4) is 0 Å². The standard InChI is InChI=1S/C26H22N2O2S2/c1-27-16-19(20-10-5-6-11-21(20)27)13-14-28-25(29)23(22-12-7-15-31-22)24(26(28)30)32-17-18-8-3-2-4-9-18/h2-12,15-16H,13-14,17H2,1H3. The summed E-state index contributed by atoms with van der Waals surface area (Å²) in [5, 5.41) is 3.11. The van der Waals surface area contributed by atoms with Crippen LogP contribution >= 0.6 is 23.1 Å². The molecule has 0 spiro atoms. The van der Waals surface area contributed by atoms with Gasteiger partial charge in [0.2, 0.25) is 0 Å². The Kier molecular flexibility index (Phi) is 5.72. The Bertz CT molecular complexity index is 1320. The molecular formula is C26H22N2O2S2. The van der Waals surface area contributed by atoms with Crippen molar-refractivity contribution >= 4 is 51.4 Å². The smallest absolute Gasteiger partial charge is 0.268 e. The first-order valence-electron chi connectivity index (χ1n) is 10.5. The van der Waals surface area contributed by atoms with Crippen molar-refractivity contribution in [2.75, 3.05) is 6.54 Å². The number of aryl methyl sites for hydroxylation is 1. The van der Waals surface area contributed by atoms with Crippen molar-refractivity contribution in [1.82, 2.24) is 9.47 Å². The van der Waals surface area contributed by atoms with Gasteiger partial charge in [-0.1, -0.05) is 54.6 Å². The first kappa shape index (κ1) is 20.8. The minimum Gasteiger partial charge on any atom is -0.350 e. The molecule has 0 N–H and O–H groups in total. The Morgan fingerprint density at radius 3 is 2.47 bits per heavy atom. The van der Waals surface area contributed by atoms with E-state index >= 15 is 0 Å². The second-order valence-corrected chi connectivity index (χ2v) is 9.68. The summed E-state index contributed by atoms with van der Waals surface area (Å²) < 4.78 is 2.09. The van der Waals surface area contributed by atoms with Gasteiger partial charge in [-0.15, -0.1) is 23.1 Å². The van der Waals surface area contributed by atoms with Crippen molar-refractivity contribution < 1.29 is 9.59 Å². The van der Waals surface area contributed by atoms with E-state index in [1.807, 2.05) is 67.0 Å². The lowest BCUT2D eigenvalue weighted by Gasteiger charge is -2.14. The van der Waals surface area contributed by atoms with Crippen LogP contribution in [0.4, 0.5) is 0 Å². The van der Waals surface area contributed by atoms with Gasteiger partial charge >= 0.3 is 0 Å². The molecule has 0 bridgehead atoms. The first-order chi connectivity index (χ1) is 15.6. The lowest BCUT2D eigenvalue weighted by Crippen LogP contribution is -2.33. The number of imide groups is 1. The van der Waals surface area contributed by atoms with E-state index in [2.05, 4.69) is 22.9 Å². The molecule has 4 aromatic rings. The lowest BCUT2D eigenvalue weighted by molar-refractivity contribution is -0.136. The van der Waals surface area contributed by atoms with Crippen LogP contribution in [0.2, 0.25) is 0 Å². The summed E-state index contributed by atoms with van der Waals surface area (Å²) >= 11 is 2.96. The summed E-state index contributed by atoms with van der Waals surface area (Å²) in [5.74, 6) is 0.286. The van der Waals surface area contributed by atoms with E-state index < -0.39 is 0 Å². The molecule has 2 aromatic carbocycles. The van der Waals surface area contributed by atoms with Crippen molar-refractivity contribution in [3.8, 4) is 0 Å². The average Bonchev–Trinajstić information content (AvgIpc) is 3.51. The van der Waals surface area contributed by atoms with Gasteiger partial charge in [0.05, 0.1) is 10.5 Å². The molecule has 2 aromatic heterocycles. The third-order valence-electron chi connectivity index (χ3n) is 5.70. The molecule has 0 saturated carbocycles. The van der Waals surface area contributed by atoms with Crippen LogP contribution in [-0.2, 0) is 28.8 Å². The van der Waals surface area contributed by atoms with Crippen LogP contribution in [0.5, 0.6) is 0 Å². The second kappa shape index (κ2) is 8.81. The number of para-hydroxylation sites is 1. The number of amides is 2. The monoisotopic (exact) mass is 458 g/mol. The zero-order chi connectivity index (χ0) is 22.1. The normalized spacial score (nSPS) is 14.2. The van der Waals surface area contributed by atoms with Gasteiger partial charge < -0.3 is 4.57 Å². The molecule has 0 saturated heterocycles. The van der Waals surface area contributed by atoms with Gasteiger partial charge in [-0.05, 0) is 35.1 Å². The number of benzene rings is 2. The van der Waals surface area contributed by atoms with Gasteiger partial charge in [0.1, 0.15) is 0 Å². The van der Waals surface area contributed by atoms with E-state index in [1.165, 1.54) is 33.4 Å². The van der Waals surface area contributed by atoms with Crippen molar-refractivity contribution in [2.24, 2.45) is 7.05 Å². The molecule has 0 unspecified atom stereocenters. The highest BCUT2D eigenvalue weighted by molar-refractivity contribution is 8.03. The van der Waals surface area contributed by atoms with E-state index in [0.717, 1.165) is 21.5 Å². The summed E-state index contributed by atoms with van der Waals surface area (Å²) in [6.07, 6.45) is 2.72. The highest BCUT2D eigenvalue weighted by atomic mass is 32.2. The van der Waals surface area contributed by atoms with Crippen LogP contribution in [0.25, 0.3) is 16.5 Å². The molecule has 32 heavy (non-hydrogen) atoms. The van der Waals surface area contributed by atoms with Gasteiger partial charge in [0.15, 0.2) is 0 Å². The van der Waals surface area contributed by atoms with Crippen LogP contribution < -0.4 is 0 Å². The molecule has 0 aliphatic carbocycles. The zero-order valence-corrected chi connectivity index (χ0v) is 19.3. The molecule has 0 radical (unpaired) electrons. The Hall–Kier alpha value is -3.09. The number of carbonyl (C=O) groups is 2. The highest BCUT2D eigenvalue weighted by Gasteiger charge is 2.39. The molecule has 1 aliphatic rings. The number of hydrogen-bond donors (Lipinski definition) is 0. The third-order valence-corrected chi connectivity index (χ3v) is 7.74. The maximum Gasteiger partial charge on any atom is 0.268 e. The number of aromatic nitrogens is 1. The van der Waals surface area contributed by atoms with Crippen molar-refractivity contribution in [3.63, 3.8) is 0 Å². The van der Waals surface area contributed by atoms with Gasteiger partial charge in [-0.2, -0.15) is 0 Å². The molecule has 0 atom stereocenters. The molecule has 3 heterocycles. The largest absolute Gasteiger partial charge is 0.350 e. The number of thioether (sulfide) groups is 1. The molecule has 5 rings (SSSR count). The summed E-state index contributed by atoms with van der Waals surface area (Å²) in [5.41, 5.74) is 3.97. The van der Waals surface area contributed by atoms with E-state index in [9.17, 15) is 9.59 Å². The number of carbonyl (C=O) groups excluding carboxylic acids is 2. The van der Waals surface area contributed by atoms with E-state index in [0.29, 0.717) is 29.2 Å². The maximum atomic E-state index is 13.4. The predicted molar refractivity (Wildman–Crippen MR) is 132 cm³/mol. The Morgan fingerprint density at radius 1 is 0.906 bits per heavy atom. The molecule has 1 aliphatic heterocycles. The van der Waals surface area contributed by atoms with Crippen molar-refractivity contribution in [2.45, 2.75) is 12.2 Å². The third kappa shape index (κ3) is 3.80. The summed E-state index contributed by atoms with van der Waals surface area (Å²) in [4.78, 5) is 29.5. The number of thiophene rings is 1. The van der Waals surface area contributed by atoms with E-state index in [-0.39, 0.29) is 11.8 Å². The quantitative estimate of drug-likeness (QED) is 0.344. The Labute approximate surface area is 195 Å². The predicted octanol–water partition coefficient (Wildman–Crippen LogP) is 5.50.